The van der Waals surface area contributed by atoms with Gasteiger partial charge in [-0.15, -0.1) is 5.10 Å². The van der Waals surface area contributed by atoms with Gasteiger partial charge in [-0.2, -0.15) is 0 Å². The number of nitrogens with zero attached hydrogens (tertiary/aromatic N) is 3. The quantitative estimate of drug-likeness (QED) is 0.504. The molecule has 94 valence electrons. The molecule has 0 bridgehead atoms. The molecule has 0 radical (unpaired) electrons. The highest BCUT2D eigenvalue weighted by Gasteiger charge is 2.18. The van der Waals surface area contributed by atoms with E-state index in [1.165, 1.54) is 10.8 Å². The van der Waals surface area contributed by atoms with Gasteiger partial charge < -0.3 is 14.9 Å². The molecule has 1 heterocycles. The van der Waals surface area contributed by atoms with E-state index >= 15 is 0 Å². The van der Waals surface area contributed by atoms with Crippen LogP contribution in [0.25, 0.3) is 0 Å². The van der Waals surface area contributed by atoms with E-state index in [1.807, 2.05) is 0 Å². The molecule has 2 N–H and O–H groups in total. The molecule has 7 nitrogen and oxygen atoms in total. The molecule has 1 aromatic heterocycles. The van der Waals surface area contributed by atoms with Crippen molar-refractivity contribution in [1.29, 1.82) is 0 Å². The molecule has 0 fully saturated rings. The Morgan fingerprint density at radius 2 is 2.41 bits per heavy atom. The molecule has 0 aliphatic heterocycles. The van der Waals surface area contributed by atoms with Gasteiger partial charge >= 0.3 is 5.97 Å². The molecule has 0 saturated carbocycles. The van der Waals surface area contributed by atoms with Gasteiger partial charge in [0.25, 0.3) is 0 Å². The fourth-order valence-electron chi connectivity index (χ4n) is 1.18. The minimum atomic E-state index is -0.938. The highest BCUT2D eigenvalue weighted by atomic mass is 16.5. The van der Waals surface area contributed by atoms with Crippen LogP contribution in [-0.2, 0) is 11.3 Å². The topological polar surface area (TPSA) is 97.5 Å². The van der Waals surface area contributed by atoms with E-state index in [4.69, 9.17) is 9.84 Å². The van der Waals surface area contributed by atoms with Gasteiger partial charge in [0.2, 0.25) is 0 Å². The van der Waals surface area contributed by atoms with E-state index in [0.29, 0.717) is 5.69 Å². The molecule has 0 aliphatic carbocycles. The summed E-state index contributed by atoms with van der Waals surface area (Å²) < 4.78 is 6.16. The third-order valence-electron chi connectivity index (χ3n) is 2.10. The van der Waals surface area contributed by atoms with Crippen molar-refractivity contribution < 1.29 is 19.7 Å². The largest absolute Gasteiger partial charge is 0.457 e. The average molecular weight is 241 g/mol. The van der Waals surface area contributed by atoms with Crippen molar-refractivity contribution in [2.75, 3.05) is 13.2 Å². The van der Waals surface area contributed by atoms with Crippen LogP contribution in [0.3, 0.4) is 0 Å². The monoisotopic (exact) mass is 241 g/mol. The van der Waals surface area contributed by atoms with E-state index in [9.17, 15) is 9.90 Å². The van der Waals surface area contributed by atoms with Crippen molar-refractivity contribution in [3.8, 4) is 0 Å². The maximum atomic E-state index is 11.5. The molecule has 0 saturated heterocycles. The Labute approximate surface area is 98.3 Å². The summed E-state index contributed by atoms with van der Waals surface area (Å²) in [4.78, 5) is 11.5. The lowest BCUT2D eigenvalue weighted by atomic mass is 10.3. The van der Waals surface area contributed by atoms with Gasteiger partial charge in [-0.05, 0) is 6.92 Å². The van der Waals surface area contributed by atoms with Crippen molar-refractivity contribution in [3.63, 3.8) is 0 Å². The Balaban J connectivity index is 2.76. The molecule has 0 amide bonds. The predicted octanol–water partition coefficient (Wildman–Crippen LogP) is -0.717. The maximum Gasteiger partial charge on any atom is 0.361 e. The number of rotatable bonds is 6. The van der Waals surface area contributed by atoms with Crippen LogP contribution in [0.4, 0.5) is 0 Å². The number of esters is 1. The van der Waals surface area contributed by atoms with Crippen molar-refractivity contribution in [2.45, 2.75) is 19.6 Å². The summed E-state index contributed by atoms with van der Waals surface area (Å²) >= 11 is 0. The normalized spacial score (nSPS) is 12.2. The molecule has 7 heteroatoms. The summed E-state index contributed by atoms with van der Waals surface area (Å²) in [5.74, 6) is -0.591. The van der Waals surface area contributed by atoms with Gasteiger partial charge in [0.1, 0.15) is 6.61 Å². The highest BCUT2D eigenvalue weighted by Crippen LogP contribution is 2.06. The Morgan fingerprint density at radius 1 is 1.71 bits per heavy atom. The first-order chi connectivity index (χ1) is 8.10. The zero-order valence-corrected chi connectivity index (χ0v) is 9.54. The second kappa shape index (κ2) is 6.12. The van der Waals surface area contributed by atoms with Crippen molar-refractivity contribution in [2.24, 2.45) is 0 Å². The predicted molar refractivity (Wildman–Crippen MR) is 58.3 cm³/mol. The first-order valence-corrected chi connectivity index (χ1v) is 5.07. The van der Waals surface area contributed by atoms with E-state index < -0.39 is 12.1 Å². The van der Waals surface area contributed by atoms with Gasteiger partial charge in [-0.25, -0.2) is 9.48 Å². The van der Waals surface area contributed by atoms with Crippen LogP contribution in [0, 0.1) is 6.92 Å². The summed E-state index contributed by atoms with van der Waals surface area (Å²) in [5.41, 5.74) is 0.573. The van der Waals surface area contributed by atoms with E-state index in [2.05, 4.69) is 16.9 Å². The summed E-state index contributed by atoms with van der Waals surface area (Å²) in [6, 6.07) is 0. The number of carbonyl (C=O) groups is 1. The molecule has 17 heavy (non-hydrogen) atoms. The van der Waals surface area contributed by atoms with E-state index in [-0.39, 0.29) is 25.5 Å². The molecule has 1 rings (SSSR count). The number of aliphatic hydroxyl groups excluding tert-OH is 2. The Bertz CT molecular complexity index is 402. The minimum Gasteiger partial charge on any atom is -0.457 e. The van der Waals surface area contributed by atoms with Gasteiger partial charge in [-0.3, -0.25) is 0 Å². The lowest BCUT2D eigenvalue weighted by molar-refractivity contribution is 0.0541. The first kappa shape index (κ1) is 13.3. The van der Waals surface area contributed by atoms with Crippen molar-refractivity contribution >= 4 is 5.97 Å². The van der Waals surface area contributed by atoms with Crippen molar-refractivity contribution in [3.05, 3.63) is 24.0 Å². The number of aromatic nitrogens is 3. The zero-order valence-electron chi connectivity index (χ0n) is 9.54. The van der Waals surface area contributed by atoms with Gasteiger partial charge in [-0.1, -0.05) is 17.9 Å². The van der Waals surface area contributed by atoms with Crippen LogP contribution < -0.4 is 0 Å². The standard InChI is InChI=1S/C10H15N3O4/c1-3-4-17-10(16)9-7(2)13(12-11-9)5-8(15)6-14/h3,8,14-15H,1,4-6H2,2H3. The minimum absolute atomic E-state index is 0.0735. The number of hydrogen-bond donors (Lipinski definition) is 2. The summed E-state index contributed by atoms with van der Waals surface area (Å²) in [7, 11) is 0. The molecule has 1 unspecified atom stereocenters. The maximum absolute atomic E-state index is 11.5. The summed E-state index contributed by atoms with van der Waals surface area (Å²) in [6.45, 7) is 4.85. The first-order valence-electron chi connectivity index (χ1n) is 5.07. The lowest BCUT2D eigenvalue weighted by Crippen LogP contribution is -2.21. The fourth-order valence-corrected chi connectivity index (χ4v) is 1.18. The molecule has 0 aliphatic rings. The highest BCUT2D eigenvalue weighted by molar-refractivity contribution is 5.88. The van der Waals surface area contributed by atoms with E-state index in [0.717, 1.165) is 0 Å². The Morgan fingerprint density at radius 3 is 3.00 bits per heavy atom. The van der Waals surface area contributed by atoms with Gasteiger partial charge in [0.05, 0.1) is 24.9 Å². The molecular formula is C10H15N3O4. The number of aliphatic hydroxyl groups is 2. The van der Waals surface area contributed by atoms with Gasteiger partial charge in [0.15, 0.2) is 5.69 Å². The van der Waals surface area contributed by atoms with E-state index in [1.54, 1.807) is 6.92 Å². The number of carbonyl (C=O) groups excluding carboxylic acids is 1. The Hall–Kier alpha value is -1.73. The molecule has 0 spiro atoms. The zero-order chi connectivity index (χ0) is 12.8. The van der Waals surface area contributed by atoms with Crippen LogP contribution in [0.1, 0.15) is 16.2 Å². The summed E-state index contributed by atoms with van der Waals surface area (Å²) in [6.07, 6.45) is 0.514. The SMILES string of the molecule is C=CCOC(=O)c1nnn(CC(O)CO)c1C. The Kier molecular flexibility index (Phi) is 4.80. The van der Waals surface area contributed by atoms with Gasteiger partial charge in [0, 0.05) is 0 Å². The number of hydrogen-bond acceptors (Lipinski definition) is 6. The lowest BCUT2D eigenvalue weighted by Gasteiger charge is -2.07. The average Bonchev–Trinajstić information content (AvgIpc) is 2.68. The molecular weight excluding hydrogens is 226 g/mol. The summed E-state index contributed by atoms with van der Waals surface area (Å²) in [5, 5.41) is 25.3. The smallest absolute Gasteiger partial charge is 0.361 e. The van der Waals surface area contributed by atoms with Crippen LogP contribution in [0.15, 0.2) is 12.7 Å². The van der Waals surface area contributed by atoms with Crippen LogP contribution in [0.2, 0.25) is 0 Å². The molecule has 1 atom stereocenters. The fraction of sp³-hybridized carbons (Fsp3) is 0.500. The third kappa shape index (κ3) is 3.36. The molecule has 1 aromatic rings. The third-order valence-corrected chi connectivity index (χ3v) is 2.10. The second-order valence-electron chi connectivity index (χ2n) is 3.43. The van der Waals surface area contributed by atoms with Crippen LogP contribution in [-0.4, -0.2) is 50.5 Å². The number of ether oxygens (including phenoxy) is 1. The second-order valence-corrected chi connectivity index (χ2v) is 3.43. The van der Waals surface area contributed by atoms with Crippen LogP contribution >= 0.6 is 0 Å². The van der Waals surface area contributed by atoms with Crippen molar-refractivity contribution in [1.82, 2.24) is 15.0 Å². The van der Waals surface area contributed by atoms with Crippen LogP contribution in [0.5, 0.6) is 0 Å². The molecule has 0 aromatic carbocycles.